The minimum atomic E-state index is -3.90. The summed E-state index contributed by atoms with van der Waals surface area (Å²) in [5.74, 6) is -1.98. The second-order valence-electron chi connectivity index (χ2n) is 12.8. The Bertz CT molecular complexity index is 1540. The molecule has 1 unspecified atom stereocenters. The zero-order chi connectivity index (χ0) is 32.9. The summed E-state index contributed by atoms with van der Waals surface area (Å²) in [5, 5.41) is -0.870. The molecule has 3 aromatic carbocycles. The number of likely N-dealkylation sites (tertiary alicyclic amines) is 1. The van der Waals surface area contributed by atoms with Crippen molar-refractivity contribution in [2.45, 2.75) is 63.2 Å². The number of hydrogen-bond acceptors (Lipinski definition) is 7. The smallest absolute Gasteiger partial charge is 0.334 e. The molecule has 10 heteroatoms. The van der Waals surface area contributed by atoms with E-state index in [1.54, 1.807) is 25.1 Å². The average Bonchev–Trinajstić information content (AvgIpc) is 3.00. The summed E-state index contributed by atoms with van der Waals surface area (Å²) in [4.78, 5) is 29.9. The molecule has 0 bridgehead atoms. The Balaban J connectivity index is 1.74. The highest BCUT2D eigenvalue weighted by Crippen LogP contribution is 2.50. The third-order valence-corrected chi connectivity index (χ3v) is 12.5. The normalized spacial score (nSPS) is 18.4. The van der Waals surface area contributed by atoms with E-state index >= 15 is 0 Å². The molecular weight excluding hydrogens is 623 g/mol. The highest BCUT2D eigenvalue weighted by atomic mass is 33.1. The van der Waals surface area contributed by atoms with Gasteiger partial charge in [-0.05, 0) is 65.1 Å². The number of esters is 1. The van der Waals surface area contributed by atoms with E-state index < -0.39 is 47.3 Å². The molecular formula is C35H43NO6S2Si. The van der Waals surface area contributed by atoms with Crippen LogP contribution in [0.25, 0.3) is 0 Å². The zero-order valence-corrected chi connectivity index (χ0v) is 29.5. The quantitative estimate of drug-likeness (QED) is 0.0650. The molecule has 3 aromatic rings. The lowest BCUT2D eigenvalue weighted by molar-refractivity contribution is -0.172. The third-order valence-electron chi connectivity index (χ3n) is 7.94. The van der Waals surface area contributed by atoms with E-state index in [0.717, 1.165) is 11.1 Å². The number of rotatable bonds is 13. The van der Waals surface area contributed by atoms with Crippen LogP contribution in [0.1, 0.15) is 44.9 Å². The van der Waals surface area contributed by atoms with Crippen molar-refractivity contribution >= 4 is 40.6 Å². The lowest BCUT2D eigenvalue weighted by Gasteiger charge is -2.54. The first-order valence-corrected chi connectivity index (χ1v) is 20.8. The topological polar surface area (TPSA) is 90.0 Å². The average molecular weight is 666 g/mol. The van der Waals surface area contributed by atoms with Crippen molar-refractivity contribution in [3.05, 3.63) is 114 Å². The number of carbonyl (C=O) groups excluding carboxylic acids is 2. The molecule has 1 heterocycles. The lowest BCUT2D eigenvalue weighted by atomic mass is 9.69. The SMILES string of the molecule is C=C(C)C(C(=O)OC(c1ccccc1)c1ccccc1)N1C(=O)[C@H]([C@@H](CO[SiH](C)C)C(C)(C)C)[C@H]1SS(=O)(=O)c1ccccc1. The molecule has 1 fully saturated rings. The fraction of sp³-hybridized carbons (Fsp3) is 0.371. The van der Waals surface area contributed by atoms with E-state index in [9.17, 15) is 18.0 Å². The van der Waals surface area contributed by atoms with Gasteiger partial charge >= 0.3 is 5.97 Å². The number of ether oxygens (including phenoxy) is 1. The molecule has 4 rings (SSSR count). The third kappa shape index (κ3) is 8.16. The molecule has 0 aliphatic carbocycles. The first-order valence-electron chi connectivity index (χ1n) is 15.1. The van der Waals surface area contributed by atoms with Gasteiger partial charge in [-0.15, -0.1) is 0 Å². The van der Waals surface area contributed by atoms with Crippen LogP contribution in [0.4, 0.5) is 0 Å². The summed E-state index contributed by atoms with van der Waals surface area (Å²) < 4.78 is 39.8. The number of benzene rings is 3. The molecule has 0 radical (unpaired) electrons. The molecule has 7 nitrogen and oxygen atoms in total. The van der Waals surface area contributed by atoms with Gasteiger partial charge in [0.25, 0.3) is 0 Å². The van der Waals surface area contributed by atoms with E-state index in [4.69, 9.17) is 9.16 Å². The van der Waals surface area contributed by atoms with Crippen molar-refractivity contribution in [2.75, 3.05) is 6.61 Å². The van der Waals surface area contributed by atoms with Gasteiger partial charge < -0.3 is 14.1 Å². The van der Waals surface area contributed by atoms with E-state index in [1.807, 2.05) is 81.4 Å². The van der Waals surface area contributed by atoms with Crippen LogP contribution in [0, 0.1) is 17.3 Å². The summed E-state index contributed by atoms with van der Waals surface area (Å²) in [7, 11) is -4.65. The van der Waals surface area contributed by atoms with E-state index in [2.05, 4.69) is 19.7 Å². The molecule has 1 saturated heterocycles. The molecule has 0 aromatic heterocycles. The number of nitrogens with zero attached hydrogens (tertiary/aromatic N) is 1. The first kappa shape index (κ1) is 34.7. The second kappa shape index (κ2) is 14.5. The van der Waals surface area contributed by atoms with Crippen molar-refractivity contribution in [2.24, 2.45) is 17.3 Å². The number of hydrogen-bond donors (Lipinski definition) is 0. The number of carbonyl (C=O) groups is 2. The first-order chi connectivity index (χ1) is 21.2. The summed E-state index contributed by atoms with van der Waals surface area (Å²) in [5.41, 5.74) is 1.54. The van der Waals surface area contributed by atoms with Gasteiger partial charge in [0.05, 0.1) is 10.8 Å². The van der Waals surface area contributed by atoms with Gasteiger partial charge in [0.1, 0.15) is 5.37 Å². The molecule has 1 aliphatic rings. The molecule has 0 spiro atoms. The Morgan fingerprint density at radius 1 is 0.933 bits per heavy atom. The maximum Gasteiger partial charge on any atom is 0.334 e. The van der Waals surface area contributed by atoms with Crippen LogP contribution >= 0.6 is 10.8 Å². The Morgan fingerprint density at radius 2 is 1.42 bits per heavy atom. The molecule has 240 valence electrons. The summed E-state index contributed by atoms with van der Waals surface area (Å²) >= 11 is 0. The van der Waals surface area contributed by atoms with Crippen LogP contribution in [-0.2, 0) is 27.6 Å². The fourth-order valence-corrected chi connectivity index (χ4v) is 9.82. The Kier molecular flexibility index (Phi) is 11.2. The van der Waals surface area contributed by atoms with Crippen molar-refractivity contribution in [1.29, 1.82) is 0 Å². The molecule has 1 aliphatic heterocycles. The summed E-state index contributed by atoms with van der Waals surface area (Å²) in [6.07, 6.45) is -0.736. The molecule has 4 atom stereocenters. The molecule has 45 heavy (non-hydrogen) atoms. The van der Waals surface area contributed by atoms with Crippen LogP contribution in [0.5, 0.6) is 0 Å². The van der Waals surface area contributed by atoms with Crippen molar-refractivity contribution in [1.82, 2.24) is 4.90 Å². The molecule has 0 saturated carbocycles. The van der Waals surface area contributed by atoms with E-state index in [-0.39, 0.29) is 22.1 Å². The monoisotopic (exact) mass is 665 g/mol. The molecule has 1 amide bonds. The predicted molar refractivity (Wildman–Crippen MR) is 183 cm³/mol. The van der Waals surface area contributed by atoms with Crippen molar-refractivity contribution < 1.29 is 27.2 Å². The highest BCUT2D eigenvalue weighted by Gasteiger charge is 2.59. The Hall–Kier alpha value is -3.18. The lowest BCUT2D eigenvalue weighted by Crippen LogP contribution is -2.68. The second-order valence-corrected chi connectivity index (χ2v) is 19.1. The maximum absolute atomic E-state index is 14.2. The van der Waals surface area contributed by atoms with Gasteiger partial charge in [0, 0.05) is 12.5 Å². The van der Waals surface area contributed by atoms with Gasteiger partial charge in [0.15, 0.2) is 21.2 Å². The summed E-state index contributed by atoms with van der Waals surface area (Å²) in [6, 6.07) is 25.7. The van der Waals surface area contributed by atoms with Crippen LogP contribution in [0.3, 0.4) is 0 Å². The van der Waals surface area contributed by atoms with Crippen LogP contribution in [-0.4, -0.2) is 52.3 Å². The Morgan fingerprint density at radius 3 is 1.87 bits per heavy atom. The minimum Gasteiger partial charge on any atom is -0.451 e. The standard InChI is InChI=1S/C35H43NO6S2Si/c1-24(2)30(34(38)42-31(25-17-11-8-12-18-25)26-19-13-9-14-20-26)36-32(37)29(28(35(3,4)5)23-41-45(6)7)33(36)43-44(39,40)27-21-15-10-16-22-27/h8-22,28-31,33,45H,1,23H2,2-7H3/t28-,29+,30?,33-/m1/s1. The van der Waals surface area contributed by atoms with Crippen LogP contribution in [0.2, 0.25) is 13.1 Å². The maximum atomic E-state index is 14.2. The van der Waals surface area contributed by atoms with Gasteiger partial charge in [0.2, 0.25) is 14.8 Å². The zero-order valence-electron chi connectivity index (χ0n) is 26.8. The van der Waals surface area contributed by atoms with Gasteiger partial charge in [-0.3, -0.25) is 4.79 Å². The van der Waals surface area contributed by atoms with E-state index in [0.29, 0.717) is 23.0 Å². The highest BCUT2D eigenvalue weighted by molar-refractivity contribution is 8.72. The summed E-state index contributed by atoms with van der Waals surface area (Å²) in [6.45, 7) is 16.3. The van der Waals surface area contributed by atoms with Gasteiger partial charge in [-0.1, -0.05) is 106 Å². The minimum absolute atomic E-state index is 0.133. The van der Waals surface area contributed by atoms with Crippen LogP contribution < -0.4 is 0 Å². The fourth-order valence-electron chi connectivity index (χ4n) is 5.54. The predicted octanol–water partition coefficient (Wildman–Crippen LogP) is 6.83. The van der Waals surface area contributed by atoms with Crippen molar-refractivity contribution in [3.63, 3.8) is 0 Å². The van der Waals surface area contributed by atoms with Gasteiger partial charge in [-0.25, -0.2) is 13.2 Å². The van der Waals surface area contributed by atoms with E-state index in [1.165, 1.54) is 17.0 Å². The van der Waals surface area contributed by atoms with Crippen molar-refractivity contribution in [3.8, 4) is 0 Å². The molecule has 0 N–H and O–H groups in total. The van der Waals surface area contributed by atoms with Crippen LogP contribution in [0.15, 0.2) is 108 Å². The number of amides is 1. The van der Waals surface area contributed by atoms with Gasteiger partial charge in [-0.2, -0.15) is 0 Å². The Labute approximate surface area is 273 Å². The number of β-lactam (4-membered cyclic amide) rings is 1. The largest absolute Gasteiger partial charge is 0.451 e.